The molecule has 1 fully saturated rings. The minimum atomic E-state index is -0.0152. The number of amidine groups is 1. The Bertz CT molecular complexity index is 785. The van der Waals surface area contributed by atoms with Crippen LogP contribution >= 0.6 is 23.5 Å². The lowest BCUT2D eigenvalue weighted by Gasteiger charge is -2.07. The fraction of sp³-hybridized carbons (Fsp3) is 0.111. The van der Waals surface area contributed by atoms with Crippen molar-refractivity contribution in [2.24, 2.45) is 4.99 Å². The van der Waals surface area contributed by atoms with E-state index in [-0.39, 0.29) is 5.91 Å². The van der Waals surface area contributed by atoms with Crippen molar-refractivity contribution in [2.45, 2.75) is 4.90 Å². The summed E-state index contributed by atoms with van der Waals surface area (Å²) in [6.07, 6.45) is 3.94. The number of rotatable bonds is 3. The molecule has 23 heavy (non-hydrogen) atoms. The topological polar surface area (TPSA) is 32.7 Å². The quantitative estimate of drug-likeness (QED) is 0.602. The van der Waals surface area contributed by atoms with Gasteiger partial charge in [-0.15, -0.1) is 11.8 Å². The van der Waals surface area contributed by atoms with Crippen molar-refractivity contribution in [1.29, 1.82) is 0 Å². The molecule has 1 aliphatic heterocycles. The zero-order valence-electron chi connectivity index (χ0n) is 12.9. The number of likely N-dealkylation sites (N-methyl/N-ethyl adjacent to an activating group) is 1. The molecule has 0 saturated carbocycles. The van der Waals surface area contributed by atoms with Gasteiger partial charge in [0.05, 0.1) is 10.6 Å². The van der Waals surface area contributed by atoms with Crippen LogP contribution in [0.25, 0.3) is 6.08 Å². The first-order valence-electron chi connectivity index (χ1n) is 7.13. The molecule has 0 radical (unpaired) electrons. The minimum absolute atomic E-state index is 0.0152. The molecule has 116 valence electrons. The Labute approximate surface area is 144 Å². The Morgan fingerprint density at radius 1 is 1.13 bits per heavy atom. The first kappa shape index (κ1) is 15.9. The van der Waals surface area contributed by atoms with Gasteiger partial charge < -0.3 is 0 Å². The zero-order valence-corrected chi connectivity index (χ0v) is 14.5. The maximum atomic E-state index is 12.4. The third kappa shape index (κ3) is 3.68. The van der Waals surface area contributed by atoms with Gasteiger partial charge in [-0.05, 0) is 47.9 Å². The lowest BCUT2D eigenvalue weighted by atomic mass is 10.2. The van der Waals surface area contributed by atoms with Gasteiger partial charge >= 0.3 is 0 Å². The molecule has 0 spiro atoms. The summed E-state index contributed by atoms with van der Waals surface area (Å²) in [5.74, 6) is -0.0152. The van der Waals surface area contributed by atoms with Gasteiger partial charge in [-0.2, -0.15) is 0 Å². The van der Waals surface area contributed by atoms with E-state index < -0.39 is 0 Å². The Hall–Kier alpha value is -1.98. The molecule has 1 amide bonds. The van der Waals surface area contributed by atoms with E-state index >= 15 is 0 Å². The molecular formula is C18H16N2OS2. The molecular weight excluding hydrogens is 324 g/mol. The van der Waals surface area contributed by atoms with Crippen LogP contribution in [0.1, 0.15) is 5.56 Å². The molecule has 1 heterocycles. The second-order valence-electron chi connectivity index (χ2n) is 4.98. The third-order valence-electron chi connectivity index (χ3n) is 3.38. The van der Waals surface area contributed by atoms with Crippen molar-refractivity contribution >= 4 is 46.4 Å². The minimum Gasteiger partial charge on any atom is -0.290 e. The van der Waals surface area contributed by atoms with Crippen LogP contribution in [0.3, 0.4) is 0 Å². The van der Waals surface area contributed by atoms with Crippen LogP contribution in [-0.2, 0) is 4.79 Å². The largest absolute Gasteiger partial charge is 0.290 e. The first-order valence-corrected chi connectivity index (χ1v) is 9.17. The molecule has 0 aromatic heterocycles. The van der Waals surface area contributed by atoms with E-state index in [0.29, 0.717) is 10.1 Å². The van der Waals surface area contributed by atoms with E-state index in [0.717, 1.165) is 16.1 Å². The number of hydrogen-bond donors (Lipinski definition) is 0. The van der Waals surface area contributed by atoms with Crippen LogP contribution in [0.15, 0.2) is 69.4 Å². The van der Waals surface area contributed by atoms with Crippen LogP contribution in [-0.4, -0.2) is 29.3 Å². The number of benzene rings is 2. The monoisotopic (exact) mass is 340 g/mol. The third-order valence-corrected chi connectivity index (χ3v) is 5.16. The Balaban J connectivity index is 1.89. The smallest absolute Gasteiger partial charge is 0.266 e. The zero-order chi connectivity index (χ0) is 16.2. The summed E-state index contributed by atoms with van der Waals surface area (Å²) in [4.78, 5) is 20.5. The number of carbonyl (C=O) groups excluding carboxylic acids is 1. The van der Waals surface area contributed by atoms with Crippen molar-refractivity contribution in [3.63, 3.8) is 0 Å². The predicted octanol–water partition coefficient (Wildman–Crippen LogP) is 4.64. The van der Waals surface area contributed by atoms with Crippen LogP contribution in [0.4, 0.5) is 5.69 Å². The van der Waals surface area contributed by atoms with Crippen LogP contribution in [0.5, 0.6) is 0 Å². The molecule has 3 nitrogen and oxygen atoms in total. The Kier molecular flexibility index (Phi) is 4.88. The SMILES string of the molecule is CSc1cccc(N=C2S/C(=C/c3ccccc3)C(=O)N2C)c1. The number of amides is 1. The second kappa shape index (κ2) is 7.06. The summed E-state index contributed by atoms with van der Waals surface area (Å²) in [7, 11) is 1.76. The number of thioether (sulfide) groups is 2. The molecule has 1 saturated heterocycles. The predicted molar refractivity (Wildman–Crippen MR) is 100 cm³/mol. The standard InChI is InChI=1S/C18H16N2OS2/c1-20-17(21)16(11-13-7-4-3-5-8-13)23-18(20)19-14-9-6-10-15(12-14)22-2/h3-12H,1-2H3/b16-11+,19-18?. The van der Waals surface area contributed by atoms with Crippen LogP contribution in [0, 0.1) is 0 Å². The van der Waals surface area contributed by atoms with Crippen molar-refractivity contribution in [3.05, 3.63) is 65.1 Å². The molecule has 3 rings (SSSR count). The first-order chi connectivity index (χ1) is 11.2. The van der Waals surface area contributed by atoms with Crippen LogP contribution in [0.2, 0.25) is 0 Å². The van der Waals surface area contributed by atoms with E-state index in [1.54, 1.807) is 23.7 Å². The summed E-state index contributed by atoms with van der Waals surface area (Å²) in [6.45, 7) is 0. The average Bonchev–Trinajstić information content (AvgIpc) is 2.84. The van der Waals surface area contributed by atoms with E-state index in [1.807, 2.05) is 66.9 Å². The average molecular weight is 340 g/mol. The van der Waals surface area contributed by atoms with Crippen LogP contribution < -0.4 is 0 Å². The maximum absolute atomic E-state index is 12.4. The van der Waals surface area contributed by atoms with Gasteiger partial charge in [-0.25, -0.2) is 4.99 Å². The van der Waals surface area contributed by atoms with Crippen molar-refractivity contribution in [1.82, 2.24) is 4.90 Å². The molecule has 0 atom stereocenters. The number of nitrogens with zero attached hydrogens (tertiary/aromatic N) is 2. The van der Waals surface area contributed by atoms with E-state index in [2.05, 4.69) is 4.99 Å². The lowest BCUT2D eigenvalue weighted by molar-refractivity contribution is -0.121. The van der Waals surface area contributed by atoms with Gasteiger partial charge in [0, 0.05) is 11.9 Å². The summed E-state index contributed by atoms with van der Waals surface area (Å²) >= 11 is 3.09. The number of aliphatic imine (C=N–C) groups is 1. The molecule has 0 unspecified atom stereocenters. The summed E-state index contributed by atoms with van der Waals surface area (Å²) in [5.41, 5.74) is 1.88. The van der Waals surface area contributed by atoms with Crippen molar-refractivity contribution < 1.29 is 4.79 Å². The molecule has 0 N–H and O–H groups in total. The van der Waals surface area contributed by atoms with Gasteiger partial charge in [-0.3, -0.25) is 9.69 Å². The van der Waals surface area contributed by atoms with E-state index in [9.17, 15) is 4.79 Å². The van der Waals surface area contributed by atoms with Gasteiger partial charge in [-0.1, -0.05) is 36.4 Å². The Morgan fingerprint density at radius 2 is 1.91 bits per heavy atom. The Morgan fingerprint density at radius 3 is 2.65 bits per heavy atom. The number of hydrogen-bond acceptors (Lipinski definition) is 4. The highest BCUT2D eigenvalue weighted by atomic mass is 32.2. The maximum Gasteiger partial charge on any atom is 0.266 e. The van der Waals surface area contributed by atoms with E-state index in [1.165, 1.54) is 11.8 Å². The molecule has 0 bridgehead atoms. The second-order valence-corrected chi connectivity index (χ2v) is 6.87. The number of carbonyl (C=O) groups is 1. The summed E-state index contributed by atoms with van der Waals surface area (Å²) in [6, 6.07) is 17.9. The highest BCUT2D eigenvalue weighted by molar-refractivity contribution is 8.18. The fourth-order valence-electron chi connectivity index (χ4n) is 2.14. The normalized spacial score (nSPS) is 18.2. The summed E-state index contributed by atoms with van der Waals surface area (Å²) in [5, 5.41) is 0.704. The van der Waals surface area contributed by atoms with Crippen molar-refractivity contribution in [3.8, 4) is 0 Å². The van der Waals surface area contributed by atoms with Gasteiger partial charge in [0.15, 0.2) is 5.17 Å². The molecule has 0 aliphatic carbocycles. The molecule has 1 aliphatic rings. The van der Waals surface area contributed by atoms with Crippen molar-refractivity contribution in [2.75, 3.05) is 13.3 Å². The molecule has 5 heteroatoms. The fourth-order valence-corrected chi connectivity index (χ4v) is 3.58. The molecule has 2 aromatic rings. The highest BCUT2D eigenvalue weighted by Crippen LogP contribution is 2.33. The van der Waals surface area contributed by atoms with Gasteiger partial charge in [0.25, 0.3) is 5.91 Å². The van der Waals surface area contributed by atoms with Gasteiger partial charge in [0.1, 0.15) is 0 Å². The van der Waals surface area contributed by atoms with E-state index in [4.69, 9.17) is 0 Å². The summed E-state index contributed by atoms with van der Waals surface area (Å²) < 4.78 is 0. The van der Waals surface area contributed by atoms with Gasteiger partial charge in [0.2, 0.25) is 0 Å². The molecule has 2 aromatic carbocycles. The lowest BCUT2D eigenvalue weighted by Crippen LogP contribution is -2.23. The highest BCUT2D eigenvalue weighted by Gasteiger charge is 2.30.